The number of hydrogen-bond acceptors (Lipinski definition) is 5. The summed E-state index contributed by atoms with van der Waals surface area (Å²) in [7, 11) is 4.05. The number of amides is 1. The van der Waals surface area contributed by atoms with Crippen LogP contribution in [0.4, 0.5) is 10.6 Å². The Morgan fingerprint density at radius 2 is 1.68 bits per heavy atom. The molecule has 1 fully saturated rings. The van der Waals surface area contributed by atoms with Gasteiger partial charge < -0.3 is 19.1 Å². The highest BCUT2D eigenvalue weighted by Gasteiger charge is 2.27. The minimum absolute atomic E-state index is 0.201. The topological polar surface area (TPSA) is 63.5 Å². The summed E-state index contributed by atoms with van der Waals surface area (Å²) >= 11 is 0. The van der Waals surface area contributed by atoms with Crippen LogP contribution in [0.25, 0.3) is 33.3 Å². The van der Waals surface area contributed by atoms with E-state index in [9.17, 15) is 4.79 Å². The van der Waals surface area contributed by atoms with Crippen molar-refractivity contribution < 1.29 is 9.53 Å². The van der Waals surface area contributed by atoms with Crippen LogP contribution in [0.2, 0.25) is 0 Å². The number of likely N-dealkylation sites (tertiary alicyclic amines) is 1. The summed E-state index contributed by atoms with van der Waals surface area (Å²) in [6.07, 6.45) is 2.80. The van der Waals surface area contributed by atoms with Gasteiger partial charge in [0, 0.05) is 44.7 Å². The van der Waals surface area contributed by atoms with E-state index in [1.54, 1.807) is 0 Å². The standard InChI is InChI=1S/C30H37N5O2/c1-30(2,3)37-29(36)34-18-15-21(16-19-34)17-20-35-26-23-13-9-10-14-24(23)31-28(33(4)5)25(26)32-27(35)22-11-7-6-8-12-22/h6-14,21H,15-20H2,1-5H3. The number of pyridine rings is 1. The quantitative estimate of drug-likeness (QED) is 0.320. The first-order valence-electron chi connectivity index (χ1n) is 13.2. The molecule has 2 aromatic carbocycles. The number of carbonyl (C=O) groups is 1. The van der Waals surface area contributed by atoms with Gasteiger partial charge in [0.05, 0.1) is 11.0 Å². The molecule has 0 radical (unpaired) electrons. The van der Waals surface area contributed by atoms with Crippen molar-refractivity contribution in [1.29, 1.82) is 0 Å². The van der Waals surface area contributed by atoms with Crippen LogP contribution in [0.5, 0.6) is 0 Å². The molecular weight excluding hydrogens is 462 g/mol. The molecule has 1 amide bonds. The van der Waals surface area contributed by atoms with Crippen molar-refractivity contribution in [2.75, 3.05) is 32.1 Å². The highest BCUT2D eigenvalue weighted by molar-refractivity contribution is 6.08. The molecule has 194 valence electrons. The minimum atomic E-state index is -0.465. The molecule has 0 N–H and O–H groups in total. The molecule has 0 atom stereocenters. The number of benzene rings is 2. The van der Waals surface area contributed by atoms with Gasteiger partial charge >= 0.3 is 6.09 Å². The average molecular weight is 500 g/mol. The minimum Gasteiger partial charge on any atom is -0.444 e. The van der Waals surface area contributed by atoms with Gasteiger partial charge in [0.15, 0.2) is 5.82 Å². The number of nitrogens with zero attached hydrogens (tertiary/aromatic N) is 5. The molecule has 37 heavy (non-hydrogen) atoms. The molecule has 7 heteroatoms. The van der Waals surface area contributed by atoms with Crippen molar-refractivity contribution >= 4 is 33.8 Å². The van der Waals surface area contributed by atoms with Gasteiger partial charge in [-0.05, 0) is 52.0 Å². The van der Waals surface area contributed by atoms with Gasteiger partial charge in [0.1, 0.15) is 16.9 Å². The van der Waals surface area contributed by atoms with E-state index in [-0.39, 0.29) is 6.09 Å². The van der Waals surface area contributed by atoms with Gasteiger partial charge in [-0.15, -0.1) is 0 Å². The van der Waals surface area contributed by atoms with E-state index in [0.29, 0.717) is 5.92 Å². The van der Waals surface area contributed by atoms with Gasteiger partial charge in [-0.1, -0.05) is 48.5 Å². The summed E-state index contributed by atoms with van der Waals surface area (Å²) in [6, 6.07) is 18.8. The lowest BCUT2D eigenvalue weighted by Gasteiger charge is -2.33. The van der Waals surface area contributed by atoms with Gasteiger partial charge in [-0.2, -0.15) is 0 Å². The fraction of sp³-hybridized carbons (Fsp3) is 0.433. The zero-order valence-electron chi connectivity index (χ0n) is 22.6. The lowest BCUT2D eigenvalue weighted by atomic mass is 9.93. The molecular formula is C30H37N5O2. The van der Waals surface area contributed by atoms with Crippen molar-refractivity contribution in [3.8, 4) is 11.4 Å². The maximum atomic E-state index is 12.5. The third kappa shape index (κ3) is 5.26. The summed E-state index contributed by atoms with van der Waals surface area (Å²) in [5, 5.41) is 1.12. The number of anilines is 1. The number of para-hydroxylation sites is 1. The Morgan fingerprint density at radius 3 is 2.35 bits per heavy atom. The Labute approximate surface area is 219 Å². The van der Waals surface area contributed by atoms with E-state index >= 15 is 0 Å². The first-order valence-corrected chi connectivity index (χ1v) is 13.2. The number of carbonyl (C=O) groups excluding carboxylic acids is 1. The monoisotopic (exact) mass is 499 g/mol. The maximum Gasteiger partial charge on any atom is 0.410 e. The third-order valence-corrected chi connectivity index (χ3v) is 7.05. The fourth-order valence-corrected chi connectivity index (χ4v) is 5.20. The number of fused-ring (bicyclic) bond motifs is 3. The van der Waals surface area contributed by atoms with Crippen molar-refractivity contribution in [3.63, 3.8) is 0 Å². The van der Waals surface area contributed by atoms with Crippen LogP contribution in [0, 0.1) is 5.92 Å². The van der Waals surface area contributed by atoms with Crippen LogP contribution in [0.15, 0.2) is 54.6 Å². The molecule has 7 nitrogen and oxygen atoms in total. The SMILES string of the molecule is CN(C)c1nc2ccccc2c2c1nc(-c1ccccc1)n2CCC1CCN(C(=O)OC(C)(C)C)CC1. The predicted octanol–water partition coefficient (Wildman–Crippen LogP) is 6.35. The zero-order valence-corrected chi connectivity index (χ0v) is 22.6. The number of aryl methyl sites for hydroxylation is 1. The van der Waals surface area contributed by atoms with E-state index in [4.69, 9.17) is 14.7 Å². The number of hydrogen-bond donors (Lipinski definition) is 0. The Morgan fingerprint density at radius 1 is 1.00 bits per heavy atom. The van der Waals surface area contributed by atoms with E-state index in [2.05, 4.69) is 47.0 Å². The molecule has 4 aromatic rings. The Balaban J connectivity index is 1.46. The second kappa shape index (κ2) is 10.0. The molecule has 0 unspecified atom stereocenters. The van der Waals surface area contributed by atoms with Crippen molar-refractivity contribution in [1.82, 2.24) is 19.4 Å². The lowest BCUT2D eigenvalue weighted by Crippen LogP contribution is -2.41. The van der Waals surface area contributed by atoms with Crippen LogP contribution in [-0.4, -0.2) is 58.3 Å². The molecule has 5 rings (SSSR count). The molecule has 0 saturated carbocycles. The van der Waals surface area contributed by atoms with Gasteiger partial charge in [0.2, 0.25) is 0 Å². The molecule has 0 aliphatic carbocycles. The predicted molar refractivity (Wildman–Crippen MR) is 150 cm³/mol. The molecule has 1 saturated heterocycles. The summed E-state index contributed by atoms with van der Waals surface area (Å²) in [5.41, 5.74) is 3.69. The molecule has 1 aliphatic heterocycles. The Bertz CT molecular complexity index is 1400. The maximum absolute atomic E-state index is 12.5. The smallest absolute Gasteiger partial charge is 0.410 e. The molecule has 2 aromatic heterocycles. The van der Waals surface area contributed by atoms with Crippen LogP contribution < -0.4 is 4.90 Å². The summed E-state index contributed by atoms with van der Waals surface area (Å²) in [6.45, 7) is 8.09. The number of ether oxygens (including phenoxy) is 1. The fourth-order valence-electron chi connectivity index (χ4n) is 5.20. The summed E-state index contributed by atoms with van der Waals surface area (Å²) < 4.78 is 7.97. The largest absolute Gasteiger partial charge is 0.444 e. The van der Waals surface area contributed by atoms with Crippen molar-refractivity contribution in [2.45, 2.75) is 52.2 Å². The molecule has 0 bridgehead atoms. The van der Waals surface area contributed by atoms with E-state index in [1.165, 1.54) is 0 Å². The lowest BCUT2D eigenvalue weighted by molar-refractivity contribution is 0.0180. The van der Waals surface area contributed by atoms with Crippen LogP contribution in [-0.2, 0) is 11.3 Å². The molecule has 1 aliphatic rings. The summed E-state index contributed by atoms with van der Waals surface area (Å²) in [4.78, 5) is 26.5. The first-order chi connectivity index (χ1) is 17.7. The third-order valence-electron chi connectivity index (χ3n) is 7.05. The first kappa shape index (κ1) is 25.1. The second-order valence-electron chi connectivity index (χ2n) is 11.2. The van der Waals surface area contributed by atoms with Crippen LogP contribution in [0.3, 0.4) is 0 Å². The van der Waals surface area contributed by atoms with Crippen LogP contribution >= 0.6 is 0 Å². The second-order valence-corrected chi connectivity index (χ2v) is 11.2. The van der Waals surface area contributed by atoms with Crippen LogP contribution in [0.1, 0.15) is 40.0 Å². The van der Waals surface area contributed by atoms with E-state index in [0.717, 1.165) is 78.0 Å². The van der Waals surface area contributed by atoms with Gasteiger partial charge in [-0.3, -0.25) is 0 Å². The number of piperidine rings is 1. The Kier molecular flexibility index (Phi) is 6.80. The highest BCUT2D eigenvalue weighted by atomic mass is 16.6. The zero-order chi connectivity index (χ0) is 26.2. The van der Waals surface area contributed by atoms with Gasteiger partial charge in [0.25, 0.3) is 0 Å². The number of imidazole rings is 1. The van der Waals surface area contributed by atoms with Gasteiger partial charge in [-0.25, -0.2) is 14.8 Å². The average Bonchev–Trinajstić information content (AvgIpc) is 3.26. The van der Waals surface area contributed by atoms with E-state index < -0.39 is 5.60 Å². The Hall–Kier alpha value is -3.61. The van der Waals surface area contributed by atoms with E-state index in [1.807, 2.05) is 56.8 Å². The number of aromatic nitrogens is 3. The van der Waals surface area contributed by atoms with Crippen molar-refractivity contribution in [3.05, 3.63) is 54.6 Å². The normalized spacial score (nSPS) is 14.9. The molecule has 3 heterocycles. The summed E-state index contributed by atoms with van der Waals surface area (Å²) in [5.74, 6) is 2.40. The van der Waals surface area contributed by atoms with Crippen molar-refractivity contribution in [2.24, 2.45) is 5.92 Å². The number of rotatable bonds is 5. The highest BCUT2D eigenvalue weighted by Crippen LogP contribution is 2.35. The molecule has 0 spiro atoms.